The van der Waals surface area contributed by atoms with Gasteiger partial charge in [0.1, 0.15) is 10.4 Å². The summed E-state index contributed by atoms with van der Waals surface area (Å²) in [6, 6.07) is 4.38. The molecule has 1 atom stereocenters. The SMILES string of the molecule is CCC1(C(=O)O)CCCN1S(=O)(=O)c1c(Cl)cccc1Cl. The minimum Gasteiger partial charge on any atom is -0.480 e. The van der Waals surface area contributed by atoms with Crippen LogP contribution in [0.5, 0.6) is 0 Å². The molecule has 1 unspecified atom stereocenters. The highest BCUT2D eigenvalue weighted by Gasteiger charge is 2.52. The lowest BCUT2D eigenvalue weighted by Gasteiger charge is -2.33. The summed E-state index contributed by atoms with van der Waals surface area (Å²) < 4.78 is 26.7. The maximum atomic E-state index is 12.8. The number of hydrogen-bond acceptors (Lipinski definition) is 3. The minimum atomic E-state index is -4.08. The average molecular weight is 352 g/mol. The van der Waals surface area contributed by atoms with Crippen LogP contribution in [0.2, 0.25) is 10.0 Å². The van der Waals surface area contributed by atoms with E-state index in [-0.39, 0.29) is 34.3 Å². The summed E-state index contributed by atoms with van der Waals surface area (Å²) in [4.78, 5) is 11.4. The molecule has 0 bridgehead atoms. The van der Waals surface area contributed by atoms with Gasteiger partial charge in [-0.05, 0) is 31.4 Å². The molecular formula is C13H15Cl2NO4S. The molecule has 0 amide bonds. The van der Waals surface area contributed by atoms with E-state index in [2.05, 4.69) is 0 Å². The van der Waals surface area contributed by atoms with E-state index in [1.807, 2.05) is 0 Å². The molecule has 5 nitrogen and oxygen atoms in total. The lowest BCUT2D eigenvalue weighted by atomic mass is 9.95. The van der Waals surface area contributed by atoms with Crippen LogP contribution in [0.1, 0.15) is 26.2 Å². The number of aliphatic carboxylic acids is 1. The number of carboxylic acid groups (broad SMARTS) is 1. The van der Waals surface area contributed by atoms with E-state index in [1.165, 1.54) is 18.2 Å². The molecule has 1 aliphatic rings. The van der Waals surface area contributed by atoms with Gasteiger partial charge in [0.2, 0.25) is 10.0 Å². The van der Waals surface area contributed by atoms with Gasteiger partial charge in [-0.25, -0.2) is 8.42 Å². The van der Waals surface area contributed by atoms with Gasteiger partial charge in [-0.15, -0.1) is 0 Å². The minimum absolute atomic E-state index is 0.00945. The van der Waals surface area contributed by atoms with Gasteiger partial charge >= 0.3 is 5.97 Å². The molecule has 1 fully saturated rings. The van der Waals surface area contributed by atoms with Crippen LogP contribution in [0, 0.1) is 0 Å². The fraction of sp³-hybridized carbons (Fsp3) is 0.462. The van der Waals surface area contributed by atoms with E-state index in [0.29, 0.717) is 6.42 Å². The first-order valence-electron chi connectivity index (χ1n) is 6.47. The molecule has 21 heavy (non-hydrogen) atoms. The fourth-order valence-corrected chi connectivity index (χ4v) is 5.72. The van der Waals surface area contributed by atoms with Crippen molar-refractivity contribution in [1.29, 1.82) is 0 Å². The summed E-state index contributed by atoms with van der Waals surface area (Å²) in [5.41, 5.74) is -1.43. The van der Waals surface area contributed by atoms with Crippen LogP contribution in [-0.4, -0.2) is 35.9 Å². The highest BCUT2D eigenvalue weighted by atomic mass is 35.5. The maximum absolute atomic E-state index is 12.8. The lowest BCUT2D eigenvalue weighted by molar-refractivity contribution is -0.147. The van der Waals surface area contributed by atoms with Crippen molar-refractivity contribution < 1.29 is 18.3 Å². The summed E-state index contributed by atoms with van der Waals surface area (Å²) in [6.45, 7) is 1.81. The van der Waals surface area contributed by atoms with Gasteiger partial charge in [-0.3, -0.25) is 4.79 Å². The van der Waals surface area contributed by atoms with Crippen LogP contribution in [0.3, 0.4) is 0 Å². The summed E-state index contributed by atoms with van der Waals surface area (Å²) >= 11 is 11.9. The molecule has 1 aromatic rings. The Hall–Kier alpha value is -0.820. The molecule has 2 rings (SSSR count). The van der Waals surface area contributed by atoms with E-state index in [0.717, 1.165) is 4.31 Å². The highest BCUT2D eigenvalue weighted by Crippen LogP contribution is 2.40. The zero-order valence-electron chi connectivity index (χ0n) is 11.3. The number of hydrogen-bond donors (Lipinski definition) is 1. The molecule has 0 aliphatic carbocycles. The van der Waals surface area contributed by atoms with Gasteiger partial charge in [-0.2, -0.15) is 4.31 Å². The number of rotatable bonds is 4. The third kappa shape index (κ3) is 2.54. The second-order valence-electron chi connectivity index (χ2n) is 4.92. The van der Waals surface area contributed by atoms with Crippen molar-refractivity contribution in [3.63, 3.8) is 0 Å². The molecule has 0 aromatic heterocycles. The molecule has 1 aromatic carbocycles. The van der Waals surface area contributed by atoms with E-state index in [9.17, 15) is 18.3 Å². The normalized spacial score (nSPS) is 23.4. The van der Waals surface area contributed by atoms with Gasteiger partial charge in [0, 0.05) is 6.54 Å². The standard InChI is InChI=1S/C13H15Cl2NO4S/c1-2-13(12(17)18)7-4-8-16(13)21(19,20)11-9(14)5-3-6-10(11)15/h3,5-6H,2,4,7-8H2,1H3,(H,17,18). The van der Waals surface area contributed by atoms with Crippen LogP contribution in [-0.2, 0) is 14.8 Å². The van der Waals surface area contributed by atoms with Crippen molar-refractivity contribution in [2.75, 3.05) is 6.54 Å². The van der Waals surface area contributed by atoms with Gasteiger partial charge in [0.15, 0.2) is 0 Å². The number of nitrogens with zero attached hydrogens (tertiary/aromatic N) is 1. The second kappa shape index (κ2) is 5.76. The maximum Gasteiger partial charge on any atom is 0.325 e. The monoisotopic (exact) mass is 351 g/mol. The predicted octanol–water partition coefficient (Wildman–Crippen LogP) is 3.01. The van der Waals surface area contributed by atoms with E-state index in [4.69, 9.17) is 23.2 Å². The van der Waals surface area contributed by atoms with Crippen LogP contribution in [0.4, 0.5) is 0 Å². The molecule has 1 N–H and O–H groups in total. The smallest absolute Gasteiger partial charge is 0.325 e. The second-order valence-corrected chi connectivity index (χ2v) is 7.54. The summed E-state index contributed by atoms with van der Waals surface area (Å²) in [7, 11) is -4.08. The van der Waals surface area contributed by atoms with Crippen LogP contribution in [0.15, 0.2) is 23.1 Å². The van der Waals surface area contributed by atoms with Gasteiger partial charge in [-0.1, -0.05) is 36.2 Å². The first-order chi connectivity index (χ1) is 9.77. The molecule has 116 valence electrons. The Morgan fingerprint density at radius 2 is 1.95 bits per heavy atom. The Balaban J connectivity index is 2.61. The number of sulfonamides is 1. The van der Waals surface area contributed by atoms with E-state index >= 15 is 0 Å². The van der Waals surface area contributed by atoms with Gasteiger partial charge in [0.25, 0.3) is 0 Å². The van der Waals surface area contributed by atoms with Crippen LogP contribution in [0.25, 0.3) is 0 Å². The zero-order chi connectivity index (χ0) is 15.8. The lowest BCUT2D eigenvalue weighted by Crippen LogP contribution is -2.52. The van der Waals surface area contributed by atoms with Crippen molar-refractivity contribution in [2.24, 2.45) is 0 Å². The Kier molecular flexibility index (Phi) is 4.54. The van der Waals surface area contributed by atoms with Gasteiger partial charge in [0.05, 0.1) is 10.0 Å². The molecule has 8 heteroatoms. The highest BCUT2D eigenvalue weighted by molar-refractivity contribution is 7.89. The molecule has 1 heterocycles. The molecule has 1 saturated heterocycles. The molecule has 1 aliphatic heterocycles. The molecule has 0 spiro atoms. The van der Waals surface area contributed by atoms with Crippen molar-refractivity contribution in [1.82, 2.24) is 4.31 Å². The average Bonchev–Trinajstić information content (AvgIpc) is 2.84. The molecular weight excluding hydrogens is 337 g/mol. The van der Waals surface area contributed by atoms with Crippen LogP contribution >= 0.6 is 23.2 Å². The Bertz CT molecular complexity index is 656. The van der Waals surface area contributed by atoms with Crippen molar-refractivity contribution >= 4 is 39.2 Å². The number of carbonyl (C=O) groups is 1. The van der Waals surface area contributed by atoms with Crippen molar-refractivity contribution in [3.8, 4) is 0 Å². The number of carboxylic acids is 1. The Labute approximate surface area is 133 Å². The third-order valence-corrected chi connectivity index (χ3v) is 6.80. The zero-order valence-corrected chi connectivity index (χ0v) is 13.7. The van der Waals surface area contributed by atoms with Crippen molar-refractivity contribution in [3.05, 3.63) is 28.2 Å². The largest absolute Gasteiger partial charge is 0.480 e. The molecule has 0 saturated carbocycles. The fourth-order valence-electron chi connectivity index (χ4n) is 2.76. The first kappa shape index (κ1) is 16.5. The predicted molar refractivity (Wildman–Crippen MR) is 80.2 cm³/mol. The quantitative estimate of drug-likeness (QED) is 0.904. The number of halogens is 2. The summed E-state index contributed by atoms with van der Waals surface area (Å²) in [5.74, 6) is -1.14. The third-order valence-electron chi connectivity index (χ3n) is 3.88. The van der Waals surface area contributed by atoms with E-state index < -0.39 is 21.5 Å². The Morgan fingerprint density at radius 1 is 1.38 bits per heavy atom. The summed E-state index contributed by atoms with van der Waals surface area (Å²) in [6.07, 6.45) is 0.950. The van der Waals surface area contributed by atoms with Gasteiger partial charge < -0.3 is 5.11 Å². The number of benzene rings is 1. The Morgan fingerprint density at radius 3 is 2.43 bits per heavy atom. The topological polar surface area (TPSA) is 74.7 Å². The van der Waals surface area contributed by atoms with Crippen molar-refractivity contribution in [2.45, 2.75) is 36.6 Å². The first-order valence-corrected chi connectivity index (χ1v) is 8.67. The van der Waals surface area contributed by atoms with E-state index in [1.54, 1.807) is 6.92 Å². The van der Waals surface area contributed by atoms with Crippen LogP contribution < -0.4 is 0 Å². The molecule has 0 radical (unpaired) electrons. The summed E-state index contributed by atoms with van der Waals surface area (Å²) in [5, 5.41) is 9.49.